The Labute approximate surface area is 117 Å². The first-order valence-corrected chi connectivity index (χ1v) is 6.66. The highest BCUT2D eigenvalue weighted by Crippen LogP contribution is 2.18. The van der Waals surface area contributed by atoms with Crippen molar-refractivity contribution in [1.82, 2.24) is 4.90 Å². The van der Waals surface area contributed by atoms with E-state index >= 15 is 0 Å². The molecule has 0 saturated carbocycles. The molecule has 1 aromatic carbocycles. The molecular formula is C15H17NO4. The Morgan fingerprint density at radius 1 is 1.30 bits per heavy atom. The van der Waals surface area contributed by atoms with E-state index in [1.54, 1.807) is 19.1 Å². The number of amides is 1. The van der Waals surface area contributed by atoms with Crippen molar-refractivity contribution in [1.29, 1.82) is 0 Å². The molecule has 106 valence electrons. The maximum Gasteiger partial charge on any atom is 0.313 e. The normalized spacial score (nSPS) is 13.8. The van der Waals surface area contributed by atoms with Crippen molar-refractivity contribution < 1.29 is 19.1 Å². The van der Waals surface area contributed by atoms with Gasteiger partial charge in [0.05, 0.1) is 13.2 Å². The van der Waals surface area contributed by atoms with Crippen molar-refractivity contribution in [2.45, 2.75) is 19.8 Å². The van der Waals surface area contributed by atoms with Gasteiger partial charge in [-0.1, -0.05) is 18.2 Å². The van der Waals surface area contributed by atoms with Crippen LogP contribution in [0.15, 0.2) is 24.3 Å². The summed E-state index contributed by atoms with van der Waals surface area (Å²) in [6, 6.07) is 7.39. The van der Waals surface area contributed by atoms with E-state index in [4.69, 9.17) is 4.74 Å². The number of benzene rings is 1. The fraction of sp³-hybridized carbons (Fsp3) is 0.400. The van der Waals surface area contributed by atoms with E-state index in [1.807, 2.05) is 12.1 Å². The Morgan fingerprint density at radius 2 is 2.05 bits per heavy atom. The molecule has 0 spiro atoms. The Kier molecular flexibility index (Phi) is 4.50. The minimum absolute atomic E-state index is 0.0357. The predicted molar refractivity (Wildman–Crippen MR) is 72.3 cm³/mol. The minimum Gasteiger partial charge on any atom is -0.466 e. The number of carbonyl (C=O) groups is 3. The van der Waals surface area contributed by atoms with Crippen LogP contribution >= 0.6 is 0 Å². The highest BCUT2D eigenvalue weighted by atomic mass is 16.5. The molecule has 0 aromatic heterocycles. The van der Waals surface area contributed by atoms with Crippen LogP contribution in [0.25, 0.3) is 0 Å². The Balaban J connectivity index is 1.97. The van der Waals surface area contributed by atoms with Gasteiger partial charge in [-0.15, -0.1) is 0 Å². The Hall–Kier alpha value is -2.17. The van der Waals surface area contributed by atoms with Crippen LogP contribution in [0, 0.1) is 0 Å². The van der Waals surface area contributed by atoms with Crippen LogP contribution in [-0.4, -0.2) is 42.3 Å². The molecule has 2 rings (SSSR count). The standard InChI is InChI=1S/C15H17NO4/c1-2-20-14(18)9-12(17)10-16-8-7-11-5-3-4-6-13(11)15(16)19/h3-6H,2,7-10H2,1H3. The molecule has 0 aliphatic carbocycles. The SMILES string of the molecule is CCOC(=O)CC(=O)CN1CCc2ccccc2C1=O. The minimum atomic E-state index is -0.539. The van der Waals surface area contributed by atoms with Gasteiger partial charge < -0.3 is 9.64 Å². The van der Waals surface area contributed by atoms with Crippen LogP contribution in [0.2, 0.25) is 0 Å². The lowest BCUT2D eigenvalue weighted by Crippen LogP contribution is -2.41. The van der Waals surface area contributed by atoms with Crippen molar-refractivity contribution in [2.75, 3.05) is 19.7 Å². The summed E-state index contributed by atoms with van der Waals surface area (Å²) in [5.74, 6) is -0.984. The Bertz CT molecular complexity index is 538. The van der Waals surface area contributed by atoms with Gasteiger partial charge in [-0.05, 0) is 25.0 Å². The second-order valence-electron chi connectivity index (χ2n) is 4.65. The summed E-state index contributed by atoms with van der Waals surface area (Å²) in [5.41, 5.74) is 1.65. The van der Waals surface area contributed by atoms with Gasteiger partial charge in [0.2, 0.25) is 0 Å². The number of hydrogen-bond donors (Lipinski definition) is 0. The van der Waals surface area contributed by atoms with E-state index in [2.05, 4.69) is 0 Å². The van der Waals surface area contributed by atoms with Gasteiger partial charge >= 0.3 is 5.97 Å². The fourth-order valence-electron chi connectivity index (χ4n) is 2.27. The van der Waals surface area contributed by atoms with Crippen LogP contribution in [0.5, 0.6) is 0 Å². The number of nitrogens with zero attached hydrogens (tertiary/aromatic N) is 1. The second kappa shape index (κ2) is 6.32. The molecule has 1 aromatic rings. The van der Waals surface area contributed by atoms with E-state index in [0.717, 1.165) is 12.0 Å². The van der Waals surface area contributed by atoms with Gasteiger partial charge in [-0.2, -0.15) is 0 Å². The average Bonchev–Trinajstić information content (AvgIpc) is 2.42. The summed E-state index contributed by atoms with van der Waals surface area (Å²) in [5, 5.41) is 0. The topological polar surface area (TPSA) is 63.7 Å². The zero-order valence-corrected chi connectivity index (χ0v) is 11.4. The number of ether oxygens (including phenoxy) is 1. The third-order valence-corrected chi connectivity index (χ3v) is 3.20. The largest absolute Gasteiger partial charge is 0.466 e. The van der Waals surface area contributed by atoms with Gasteiger partial charge in [0.1, 0.15) is 6.42 Å². The summed E-state index contributed by atoms with van der Waals surface area (Å²) in [4.78, 5) is 36.7. The first kappa shape index (κ1) is 14.2. The predicted octanol–water partition coefficient (Wildman–Crippen LogP) is 1.21. The Morgan fingerprint density at radius 3 is 2.80 bits per heavy atom. The summed E-state index contributed by atoms with van der Waals surface area (Å²) < 4.78 is 4.72. The van der Waals surface area contributed by atoms with Crippen LogP contribution in [-0.2, 0) is 20.7 Å². The van der Waals surface area contributed by atoms with E-state index in [9.17, 15) is 14.4 Å². The molecule has 0 N–H and O–H groups in total. The molecule has 1 aliphatic rings. The number of carbonyl (C=O) groups excluding carboxylic acids is 3. The van der Waals surface area contributed by atoms with Crippen LogP contribution < -0.4 is 0 Å². The number of hydrogen-bond acceptors (Lipinski definition) is 4. The van der Waals surface area contributed by atoms with Crippen molar-refractivity contribution in [3.63, 3.8) is 0 Å². The summed E-state index contributed by atoms with van der Waals surface area (Å²) in [6.07, 6.45) is 0.452. The summed E-state index contributed by atoms with van der Waals surface area (Å²) in [7, 11) is 0. The monoisotopic (exact) mass is 275 g/mol. The molecular weight excluding hydrogens is 258 g/mol. The van der Waals surface area contributed by atoms with Crippen molar-refractivity contribution >= 4 is 17.7 Å². The quantitative estimate of drug-likeness (QED) is 0.598. The summed E-state index contributed by atoms with van der Waals surface area (Å²) in [6.45, 7) is 2.41. The smallest absolute Gasteiger partial charge is 0.313 e. The summed E-state index contributed by atoms with van der Waals surface area (Å²) >= 11 is 0. The second-order valence-corrected chi connectivity index (χ2v) is 4.65. The molecule has 0 saturated heterocycles. The molecule has 1 aliphatic heterocycles. The maximum absolute atomic E-state index is 12.2. The molecule has 20 heavy (non-hydrogen) atoms. The molecule has 1 amide bonds. The number of Topliss-reactive ketones (excluding diaryl/α,β-unsaturated/α-hetero) is 1. The third kappa shape index (κ3) is 3.23. The average molecular weight is 275 g/mol. The fourth-order valence-corrected chi connectivity index (χ4v) is 2.27. The number of fused-ring (bicyclic) bond motifs is 1. The lowest BCUT2D eigenvalue weighted by molar-refractivity contribution is -0.145. The van der Waals surface area contributed by atoms with E-state index in [-0.39, 0.29) is 31.3 Å². The molecule has 5 heteroatoms. The van der Waals surface area contributed by atoms with Gasteiger partial charge in [0, 0.05) is 12.1 Å². The zero-order chi connectivity index (χ0) is 14.5. The van der Waals surface area contributed by atoms with Crippen LogP contribution in [0.1, 0.15) is 29.3 Å². The molecule has 0 radical (unpaired) electrons. The van der Waals surface area contributed by atoms with Crippen LogP contribution in [0.4, 0.5) is 0 Å². The van der Waals surface area contributed by atoms with Crippen molar-refractivity contribution in [3.8, 4) is 0 Å². The number of rotatable bonds is 5. The molecule has 0 bridgehead atoms. The van der Waals surface area contributed by atoms with Gasteiger partial charge in [0.15, 0.2) is 5.78 Å². The maximum atomic E-state index is 12.2. The zero-order valence-electron chi connectivity index (χ0n) is 11.4. The molecule has 0 unspecified atom stereocenters. The first-order chi connectivity index (χ1) is 9.61. The molecule has 5 nitrogen and oxygen atoms in total. The lowest BCUT2D eigenvalue weighted by Gasteiger charge is -2.27. The third-order valence-electron chi connectivity index (χ3n) is 3.20. The highest BCUT2D eigenvalue weighted by Gasteiger charge is 2.26. The molecule has 0 atom stereocenters. The van der Waals surface area contributed by atoms with Gasteiger partial charge in [-0.25, -0.2) is 0 Å². The molecule has 1 heterocycles. The van der Waals surface area contributed by atoms with E-state index in [1.165, 1.54) is 4.90 Å². The van der Waals surface area contributed by atoms with Crippen molar-refractivity contribution in [2.24, 2.45) is 0 Å². The molecule has 0 fully saturated rings. The van der Waals surface area contributed by atoms with Gasteiger partial charge in [-0.3, -0.25) is 14.4 Å². The first-order valence-electron chi connectivity index (χ1n) is 6.66. The highest BCUT2D eigenvalue weighted by molar-refractivity contribution is 6.01. The number of esters is 1. The lowest BCUT2D eigenvalue weighted by atomic mass is 9.99. The number of ketones is 1. The van der Waals surface area contributed by atoms with E-state index in [0.29, 0.717) is 12.1 Å². The van der Waals surface area contributed by atoms with Crippen LogP contribution in [0.3, 0.4) is 0 Å². The van der Waals surface area contributed by atoms with Gasteiger partial charge in [0.25, 0.3) is 5.91 Å². The van der Waals surface area contributed by atoms with E-state index < -0.39 is 5.97 Å². The van der Waals surface area contributed by atoms with Crippen molar-refractivity contribution in [3.05, 3.63) is 35.4 Å².